The van der Waals surface area contributed by atoms with Gasteiger partial charge in [-0.05, 0) is 73.6 Å². The summed E-state index contributed by atoms with van der Waals surface area (Å²) in [4.78, 5) is 4.30. The van der Waals surface area contributed by atoms with Crippen molar-refractivity contribution < 1.29 is 0 Å². The normalized spacial score (nSPS) is 29.8. The average molecular weight is 272 g/mol. The van der Waals surface area contributed by atoms with Crippen molar-refractivity contribution >= 4 is 0 Å². The van der Waals surface area contributed by atoms with Crippen LogP contribution in [-0.2, 0) is 6.42 Å². The van der Waals surface area contributed by atoms with Crippen LogP contribution in [0.15, 0.2) is 18.5 Å². The van der Waals surface area contributed by atoms with E-state index in [4.69, 9.17) is 0 Å². The van der Waals surface area contributed by atoms with Gasteiger partial charge in [0, 0.05) is 18.4 Å². The SMILES string of the molecule is CCNC(CC1CC2CCC1C2)c1ccncc1CC. The fraction of sp³-hybridized carbons (Fsp3) is 0.722. The Morgan fingerprint density at radius 2 is 2.20 bits per heavy atom. The van der Waals surface area contributed by atoms with Crippen LogP contribution in [-0.4, -0.2) is 11.5 Å². The summed E-state index contributed by atoms with van der Waals surface area (Å²) >= 11 is 0. The molecule has 0 spiro atoms. The summed E-state index contributed by atoms with van der Waals surface area (Å²) in [6.07, 6.45) is 12.4. The van der Waals surface area contributed by atoms with Crippen LogP contribution in [0.2, 0.25) is 0 Å². The second-order valence-corrected chi connectivity index (χ2v) is 6.71. The molecule has 0 aromatic carbocycles. The number of pyridine rings is 1. The molecule has 4 unspecified atom stereocenters. The Labute approximate surface area is 123 Å². The van der Waals surface area contributed by atoms with Gasteiger partial charge in [0.15, 0.2) is 0 Å². The zero-order valence-corrected chi connectivity index (χ0v) is 12.9. The summed E-state index contributed by atoms with van der Waals surface area (Å²) in [5, 5.41) is 3.73. The fourth-order valence-corrected chi connectivity index (χ4v) is 4.61. The first-order valence-electron chi connectivity index (χ1n) is 8.48. The predicted molar refractivity (Wildman–Crippen MR) is 83.6 cm³/mol. The Morgan fingerprint density at radius 1 is 1.30 bits per heavy atom. The highest BCUT2D eigenvalue weighted by Crippen LogP contribution is 2.51. The van der Waals surface area contributed by atoms with Crippen molar-refractivity contribution in [3.63, 3.8) is 0 Å². The van der Waals surface area contributed by atoms with Crippen molar-refractivity contribution in [2.75, 3.05) is 6.54 Å². The quantitative estimate of drug-likeness (QED) is 0.842. The molecule has 1 N–H and O–H groups in total. The molecule has 1 aromatic heterocycles. The summed E-state index contributed by atoms with van der Waals surface area (Å²) in [7, 11) is 0. The van der Waals surface area contributed by atoms with Gasteiger partial charge in [0.25, 0.3) is 0 Å². The molecule has 4 atom stereocenters. The van der Waals surface area contributed by atoms with Gasteiger partial charge in [-0.2, -0.15) is 0 Å². The second-order valence-electron chi connectivity index (χ2n) is 6.71. The number of rotatable bonds is 6. The van der Waals surface area contributed by atoms with E-state index in [1.54, 1.807) is 0 Å². The lowest BCUT2D eigenvalue weighted by Gasteiger charge is -2.28. The van der Waals surface area contributed by atoms with Gasteiger partial charge in [-0.15, -0.1) is 0 Å². The summed E-state index contributed by atoms with van der Waals surface area (Å²) in [6.45, 7) is 5.51. The van der Waals surface area contributed by atoms with Crippen molar-refractivity contribution in [2.45, 2.75) is 58.4 Å². The zero-order valence-electron chi connectivity index (χ0n) is 12.9. The molecule has 2 heteroatoms. The molecular formula is C18H28N2. The van der Waals surface area contributed by atoms with Crippen molar-refractivity contribution in [1.29, 1.82) is 0 Å². The molecule has 3 rings (SSSR count). The van der Waals surface area contributed by atoms with Gasteiger partial charge in [-0.25, -0.2) is 0 Å². The molecular weight excluding hydrogens is 244 g/mol. The third-order valence-corrected chi connectivity index (χ3v) is 5.57. The standard InChI is InChI=1S/C18H28N2/c1-3-14-12-19-8-7-17(14)18(20-4-2)11-16-10-13-5-6-15(16)9-13/h7-8,12-13,15-16,18,20H,3-6,9-11H2,1-2H3. The lowest BCUT2D eigenvalue weighted by molar-refractivity contribution is 0.280. The molecule has 2 aliphatic rings. The van der Waals surface area contributed by atoms with Gasteiger partial charge < -0.3 is 5.32 Å². The Morgan fingerprint density at radius 3 is 2.85 bits per heavy atom. The van der Waals surface area contributed by atoms with Crippen LogP contribution in [0, 0.1) is 17.8 Å². The predicted octanol–water partition coefficient (Wildman–Crippen LogP) is 4.12. The van der Waals surface area contributed by atoms with Crippen molar-refractivity contribution in [3.05, 3.63) is 29.6 Å². The third-order valence-electron chi connectivity index (χ3n) is 5.57. The van der Waals surface area contributed by atoms with E-state index in [1.807, 2.05) is 6.20 Å². The van der Waals surface area contributed by atoms with Crippen LogP contribution >= 0.6 is 0 Å². The molecule has 2 saturated carbocycles. The van der Waals surface area contributed by atoms with Gasteiger partial charge in [0.1, 0.15) is 0 Å². The topological polar surface area (TPSA) is 24.9 Å². The molecule has 1 heterocycles. The number of aromatic nitrogens is 1. The largest absolute Gasteiger partial charge is 0.310 e. The zero-order chi connectivity index (χ0) is 13.9. The summed E-state index contributed by atoms with van der Waals surface area (Å²) < 4.78 is 0. The van der Waals surface area contributed by atoms with E-state index in [9.17, 15) is 0 Å². The van der Waals surface area contributed by atoms with Crippen LogP contribution < -0.4 is 5.32 Å². The number of nitrogens with zero attached hydrogens (tertiary/aromatic N) is 1. The van der Waals surface area contributed by atoms with E-state index in [2.05, 4.69) is 36.4 Å². The molecule has 2 nitrogen and oxygen atoms in total. The molecule has 0 amide bonds. The monoisotopic (exact) mass is 272 g/mol. The molecule has 1 aromatic rings. The second kappa shape index (κ2) is 6.26. The van der Waals surface area contributed by atoms with Gasteiger partial charge in [0.05, 0.1) is 0 Å². The highest BCUT2D eigenvalue weighted by molar-refractivity contribution is 5.27. The van der Waals surface area contributed by atoms with Crippen LogP contribution in [0.3, 0.4) is 0 Å². The van der Waals surface area contributed by atoms with Gasteiger partial charge in [-0.3, -0.25) is 4.98 Å². The summed E-state index contributed by atoms with van der Waals surface area (Å²) in [5.74, 6) is 3.03. The highest BCUT2D eigenvalue weighted by Gasteiger charge is 2.40. The Hall–Kier alpha value is -0.890. The first-order valence-corrected chi connectivity index (χ1v) is 8.48. The van der Waals surface area contributed by atoms with Crippen molar-refractivity contribution in [3.8, 4) is 0 Å². The van der Waals surface area contributed by atoms with Crippen LogP contribution in [0.5, 0.6) is 0 Å². The maximum absolute atomic E-state index is 4.30. The molecule has 20 heavy (non-hydrogen) atoms. The van der Waals surface area contributed by atoms with Crippen LogP contribution in [0.4, 0.5) is 0 Å². The van der Waals surface area contributed by atoms with E-state index in [0.29, 0.717) is 6.04 Å². The van der Waals surface area contributed by atoms with E-state index in [-0.39, 0.29) is 0 Å². The lowest BCUT2D eigenvalue weighted by atomic mass is 9.82. The molecule has 2 fully saturated rings. The van der Waals surface area contributed by atoms with Crippen LogP contribution in [0.25, 0.3) is 0 Å². The molecule has 0 radical (unpaired) electrons. The van der Waals surface area contributed by atoms with Gasteiger partial charge >= 0.3 is 0 Å². The van der Waals surface area contributed by atoms with Crippen LogP contribution in [0.1, 0.15) is 63.1 Å². The molecule has 0 saturated heterocycles. The molecule has 110 valence electrons. The lowest BCUT2D eigenvalue weighted by Crippen LogP contribution is -2.26. The third kappa shape index (κ3) is 2.76. The van der Waals surface area contributed by atoms with E-state index in [1.165, 1.54) is 43.2 Å². The molecule has 2 bridgehead atoms. The van der Waals surface area contributed by atoms with Crippen molar-refractivity contribution in [1.82, 2.24) is 10.3 Å². The maximum Gasteiger partial charge on any atom is 0.0326 e. The van der Waals surface area contributed by atoms with Gasteiger partial charge in [0.2, 0.25) is 0 Å². The molecule has 2 aliphatic carbocycles. The number of hydrogen-bond acceptors (Lipinski definition) is 2. The fourth-order valence-electron chi connectivity index (χ4n) is 4.61. The minimum Gasteiger partial charge on any atom is -0.310 e. The average Bonchev–Trinajstić information content (AvgIpc) is 3.09. The Balaban J connectivity index is 1.75. The van der Waals surface area contributed by atoms with Crippen molar-refractivity contribution in [2.24, 2.45) is 17.8 Å². The van der Waals surface area contributed by atoms with E-state index >= 15 is 0 Å². The van der Waals surface area contributed by atoms with E-state index in [0.717, 1.165) is 30.7 Å². The van der Waals surface area contributed by atoms with Gasteiger partial charge in [-0.1, -0.05) is 20.3 Å². The number of nitrogens with one attached hydrogen (secondary N) is 1. The summed E-state index contributed by atoms with van der Waals surface area (Å²) in [6, 6.07) is 2.77. The highest BCUT2D eigenvalue weighted by atomic mass is 14.9. The Bertz CT molecular complexity index is 443. The van der Waals surface area contributed by atoms with E-state index < -0.39 is 0 Å². The maximum atomic E-state index is 4.30. The minimum absolute atomic E-state index is 0.530. The number of hydrogen-bond donors (Lipinski definition) is 1. The smallest absolute Gasteiger partial charge is 0.0326 e. The summed E-state index contributed by atoms with van der Waals surface area (Å²) in [5.41, 5.74) is 2.91. The number of aryl methyl sites for hydroxylation is 1. The number of fused-ring (bicyclic) bond motifs is 2. The Kier molecular flexibility index (Phi) is 4.40. The first kappa shape index (κ1) is 14.1. The first-order chi connectivity index (χ1) is 9.81. The molecule has 0 aliphatic heterocycles. The minimum atomic E-state index is 0.530.